The molecular weight excluding hydrogens is 724 g/mol. The number of unbranched alkanes of at least 4 members (excludes halogenated alkanes) is 1. The third-order valence-corrected chi connectivity index (χ3v) is 10.5. The molecule has 4 heterocycles. The number of nitrogens with zero attached hydrogens (tertiary/aromatic N) is 3. The summed E-state index contributed by atoms with van der Waals surface area (Å²) >= 11 is 6.66. The van der Waals surface area contributed by atoms with Gasteiger partial charge in [-0.3, -0.25) is 19.4 Å². The van der Waals surface area contributed by atoms with Gasteiger partial charge < -0.3 is 19.6 Å². The standard InChI is InChI=1S/C35H36ClF6N3O5S/c1-2-7-27-33(50-25-18-28(51-20-25)35(40,41)42,13-6-15-44(27)31(48)30-26(34(37,38)39)9-5-14-43-30)32(49)45-19-21-11-12-23(36)16-22(21)17-24(45)8-3-4-10-29(46)47/h5,9,11-12,14,16,18,20,24,27H,2-4,6-8,10,13,15,17,19H2,1H3,(H,46,47)/t24-,27+,33-/m0/s1. The molecule has 0 unspecified atom stereocenters. The number of carbonyl (C=O) groups is 3. The average molecular weight is 760 g/mol. The van der Waals surface area contributed by atoms with Crippen molar-refractivity contribution in [1.82, 2.24) is 14.8 Å². The fourth-order valence-electron chi connectivity index (χ4n) is 7.09. The van der Waals surface area contributed by atoms with Gasteiger partial charge in [-0.1, -0.05) is 37.4 Å². The minimum absolute atomic E-state index is 0.0401. The predicted octanol–water partition coefficient (Wildman–Crippen LogP) is 8.66. The maximum absolute atomic E-state index is 15.3. The first-order chi connectivity index (χ1) is 24.0. The predicted molar refractivity (Wildman–Crippen MR) is 176 cm³/mol. The summed E-state index contributed by atoms with van der Waals surface area (Å²) in [5.74, 6) is -2.93. The molecule has 16 heteroatoms. The lowest BCUT2D eigenvalue weighted by Gasteiger charge is -2.51. The summed E-state index contributed by atoms with van der Waals surface area (Å²) in [4.78, 5) is 46.1. The van der Waals surface area contributed by atoms with E-state index in [-0.39, 0.29) is 44.5 Å². The Morgan fingerprint density at radius 2 is 1.80 bits per heavy atom. The molecule has 2 aromatic heterocycles. The first-order valence-corrected chi connectivity index (χ1v) is 17.8. The fourth-order valence-corrected chi connectivity index (χ4v) is 7.96. The van der Waals surface area contributed by atoms with Gasteiger partial charge in [-0.2, -0.15) is 26.3 Å². The Morgan fingerprint density at radius 1 is 1.04 bits per heavy atom. The average Bonchev–Trinajstić information content (AvgIpc) is 3.55. The monoisotopic (exact) mass is 759 g/mol. The second-order valence-corrected chi connectivity index (χ2v) is 14.1. The molecule has 8 nitrogen and oxygen atoms in total. The number of aromatic nitrogens is 1. The van der Waals surface area contributed by atoms with Crippen molar-refractivity contribution < 1.29 is 50.6 Å². The Morgan fingerprint density at radius 3 is 2.47 bits per heavy atom. The van der Waals surface area contributed by atoms with E-state index in [2.05, 4.69) is 4.98 Å². The van der Waals surface area contributed by atoms with Crippen molar-refractivity contribution in [1.29, 1.82) is 0 Å². The van der Waals surface area contributed by atoms with Gasteiger partial charge in [0, 0.05) is 54.6 Å². The molecule has 0 saturated carbocycles. The molecule has 1 N–H and O–H groups in total. The summed E-state index contributed by atoms with van der Waals surface area (Å²) in [6.07, 6.45) is -6.68. The maximum Gasteiger partial charge on any atom is 0.425 e. The number of carboxylic acid groups (broad SMARTS) is 1. The smallest absolute Gasteiger partial charge is 0.425 e. The molecule has 3 aromatic rings. The zero-order valence-corrected chi connectivity index (χ0v) is 29.1. The van der Waals surface area contributed by atoms with Gasteiger partial charge in [0.05, 0.1) is 11.6 Å². The van der Waals surface area contributed by atoms with Crippen LogP contribution >= 0.6 is 22.9 Å². The summed E-state index contributed by atoms with van der Waals surface area (Å²) in [5, 5.41) is 10.8. The molecule has 3 atom stereocenters. The zero-order valence-electron chi connectivity index (χ0n) is 27.5. The number of aliphatic carboxylic acids is 1. The van der Waals surface area contributed by atoms with Crippen LogP contribution in [0.1, 0.15) is 90.3 Å². The van der Waals surface area contributed by atoms with Gasteiger partial charge in [-0.25, -0.2) is 0 Å². The highest BCUT2D eigenvalue weighted by molar-refractivity contribution is 7.10. The molecule has 51 heavy (non-hydrogen) atoms. The highest BCUT2D eigenvalue weighted by atomic mass is 35.5. The van der Waals surface area contributed by atoms with Crippen LogP contribution in [0.2, 0.25) is 5.02 Å². The molecule has 0 aliphatic carbocycles. The minimum atomic E-state index is -4.92. The van der Waals surface area contributed by atoms with Gasteiger partial charge in [-0.05, 0) is 67.5 Å². The highest BCUT2D eigenvalue weighted by Crippen LogP contribution is 2.44. The lowest BCUT2D eigenvalue weighted by molar-refractivity contribution is -0.163. The van der Waals surface area contributed by atoms with Crippen LogP contribution in [-0.4, -0.2) is 61.9 Å². The van der Waals surface area contributed by atoms with Crippen molar-refractivity contribution >= 4 is 40.7 Å². The number of benzene rings is 1. The van der Waals surface area contributed by atoms with Crippen LogP contribution < -0.4 is 4.74 Å². The number of thiophene rings is 1. The maximum atomic E-state index is 15.3. The molecule has 5 rings (SSSR count). The third-order valence-electron chi connectivity index (χ3n) is 9.36. The van der Waals surface area contributed by atoms with Crippen molar-refractivity contribution in [2.75, 3.05) is 6.54 Å². The highest BCUT2D eigenvalue weighted by Gasteiger charge is 2.57. The number of piperidine rings is 1. The van der Waals surface area contributed by atoms with Gasteiger partial charge in [-0.15, -0.1) is 11.3 Å². The van der Waals surface area contributed by atoms with E-state index in [4.69, 9.17) is 16.3 Å². The SMILES string of the molecule is CCC[C@H]1N(C(=O)c2ncccc2C(F)(F)F)CCC[C@@]1(Oc1csc(C(F)(F)F)c1)C(=O)N1Cc2ccc(Cl)cc2C[C@@H]1CCCCC(=O)O. The molecular formula is C35H36ClF6N3O5S. The number of carbonyl (C=O) groups excluding carboxylic acids is 2. The molecule has 2 aliphatic heterocycles. The lowest BCUT2D eigenvalue weighted by Crippen LogP contribution is -2.69. The number of rotatable bonds is 11. The van der Waals surface area contributed by atoms with E-state index in [1.165, 1.54) is 0 Å². The van der Waals surface area contributed by atoms with Gasteiger partial charge in [0.1, 0.15) is 16.3 Å². The number of hydrogen-bond acceptors (Lipinski definition) is 6. The Kier molecular flexibility index (Phi) is 11.6. The van der Waals surface area contributed by atoms with Gasteiger partial charge in [0.2, 0.25) is 5.60 Å². The van der Waals surface area contributed by atoms with Crippen molar-refractivity contribution in [3.8, 4) is 5.75 Å². The minimum Gasteiger partial charge on any atom is -0.481 e. The van der Waals surface area contributed by atoms with Crippen LogP contribution in [0, 0.1) is 0 Å². The number of pyridine rings is 1. The number of alkyl halides is 6. The molecule has 1 saturated heterocycles. The summed E-state index contributed by atoms with van der Waals surface area (Å²) in [6.45, 7) is 1.77. The summed E-state index contributed by atoms with van der Waals surface area (Å²) in [7, 11) is 0. The third kappa shape index (κ3) is 8.45. The van der Waals surface area contributed by atoms with Crippen molar-refractivity contribution in [2.24, 2.45) is 0 Å². The Hall–Kier alpha value is -3.85. The van der Waals surface area contributed by atoms with E-state index in [9.17, 15) is 41.0 Å². The lowest BCUT2D eigenvalue weighted by atomic mass is 9.78. The van der Waals surface area contributed by atoms with Crippen LogP contribution in [0.3, 0.4) is 0 Å². The molecule has 0 radical (unpaired) electrons. The number of likely N-dealkylation sites (tertiary alicyclic amines) is 1. The zero-order chi connectivity index (χ0) is 37.1. The van der Waals surface area contributed by atoms with Crippen LogP contribution in [0.15, 0.2) is 48.0 Å². The molecule has 0 spiro atoms. The largest absolute Gasteiger partial charge is 0.481 e. The molecule has 1 fully saturated rings. The number of amides is 2. The normalized spacial score (nSPS) is 20.9. The van der Waals surface area contributed by atoms with Gasteiger partial charge >= 0.3 is 18.3 Å². The Labute approximate surface area is 299 Å². The van der Waals surface area contributed by atoms with E-state index in [1.54, 1.807) is 30.0 Å². The van der Waals surface area contributed by atoms with Crippen LogP contribution in [0.5, 0.6) is 5.75 Å². The first kappa shape index (κ1) is 38.4. The van der Waals surface area contributed by atoms with Crippen LogP contribution in [0.4, 0.5) is 26.3 Å². The molecule has 2 aliphatic rings. The molecule has 276 valence electrons. The van der Waals surface area contributed by atoms with E-state index in [1.807, 2.05) is 0 Å². The number of carboxylic acids is 1. The van der Waals surface area contributed by atoms with Crippen molar-refractivity contribution in [3.05, 3.63) is 80.3 Å². The summed E-state index contributed by atoms with van der Waals surface area (Å²) in [6, 6.07) is 6.10. The Bertz CT molecular complexity index is 1750. The molecule has 2 amide bonds. The summed E-state index contributed by atoms with van der Waals surface area (Å²) in [5.41, 5.74) is -2.47. The van der Waals surface area contributed by atoms with Crippen LogP contribution in [-0.2, 0) is 34.9 Å². The van der Waals surface area contributed by atoms with Gasteiger partial charge in [0.15, 0.2) is 0 Å². The quantitative estimate of drug-likeness (QED) is 0.155. The van der Waals surface area contributed by atoms with E-state index in [0.29, 0.717) is 48.5 Å². The number of halogens is 7. The van der Waals surface area contributed by atoms with E-state index in [0.717, 1.165) is 45.8 Å². The van der Waals surface area contributed by atoms with Crippen molar-refractivity contribution in [3.63, 3.8) is 0 Å². The number of fused-ring (bicyclic) bond motifs is 1. The van der Waals surface area contributed by atoms with Crippen LogP contribution in [0.25, 0.3) is 0 Å². The first-order valence-electron chi connectivity index (χ1n) is 16.5. The topological polar surface area (TPSA) is 100 Å². The number of hydrogen-bond donors (Lipinski definition) is 1. The fraction of sp³-hybridized carbons (Fsp3) is 0.486. The van der Waals surface area contributed by atoms with Gasteiger partial charge in [0.25, 0.3) is 11.8 Å². The van der Waals surface area contributed by atoms with E-state index < -0.39 is 64.0 Å². The van der Waals surface area contributed by atoms with Crippen molar-refractivity contribution in [2.45, 2.75) is 101 Å². The summed E-state index contributed by atoms with van der Waals surface area (Å²) < 4.78 is 89.7. The van der Waals surface area contributed by atoms with E-state index >= 15 is 4.79 Å². The Balaban J connectivity index is 1.62. The second kappa shape index (κ2) is 15.4. The number of ether oxygens (including phenoxy) is 1. The molecule has 1 aromatic carbocycles. The molecule has 0 bridgehead atoms. The second-order valence-electron chi connectivity index (χ2n) is 12.8.